The number of nitrogens with one attached hydrogen (secondary N) is 2. The maximum Gasteiger partial charge on any atom is 0.219 e. The van der Waals surface area contributed by atoms with Crippen LogP contribution in [0.3, 0.4) is 0 Å². The molecule has 1 aromatic carbocycles. The number of rotatable bonds is 7. The summed E-state index contributed by atoms with van der Waals surface area (Å²) in [5.74, 6) is 2.07. The van der Waals surface area contributed by atoms with Gasteiger partial charge in [-0.3, -0.25) is 4.99 Å². The number of aromatic nitrogens is 1. The molecule has 0 atom stereocenters. The predicted molar refractivity (Wildman–Crippen MR) is 125 cm³/mol. The molecule has 0 bridgehead atoms. The van der Waals surface area contributed by atoms with Gasteiger partial charge in [0.25, 0.3) is 0 Å². The first-order valence-corrected chi connectivity index (χ1v) is 9.02. The molecular formula is C21H31IN4O2. The van der Waals surface area contributed by atoms with E-state index < -0.39 is 0 Å². The molecular weight excluding hydrogens is 467 g/mol. The van der Waals surface area contributed by atoms with Crippen LogP contribution in [0.25, 0.3) is 0 Å². The molecule has 6 nitrogen and oxygen atoms in total. The number of benzene rings is 1. The summed E-state index contributed by atoms with van der Waals surface area (Å²) in [4.78, 5) is 8.54. The van der Waals surface area contributed by atoms with Gasteiger partial charge in [-0.2, -0.15) is 0 Å². The number of aliphatic imine (C=N–C) groups is 1. The Bertz CT molecular complexity index is 794. The monoisotopic (exact) mass is 498 g/mol. The van der Waals surface area contributed by atoms with Crippen LogP contribution in [0.1, 0.15) is 30.5 Å². The lowest BCUT2D eigenvalue weighted by Gasteiger charge is -2.24. The minimum absolute atomic E-state index is 0. The van der Waals surface area contributed by atoms with Gasteiger partial charge in [-0.1, -0.05) is 6.07 Å². The normalized spacial score (nSPS) is 11.6. The maximum atomic E-state index is 5.89. The van der Waals surface area contributed by atoms with E-state index in [1.807, 2.05) is 44.2 Å². The summed E-state index contributed by atoms with van der Waals surface area (Å²) < 4.78 is 11.3. The van der Waals surface area contributed by atoms with Crippen molar-refractivity contribution >= 4 is 29.9 Å². The van der Waals surface area contributed by atoms with Gasteiger partial charge in [0.2, 0.25) is 5.88 Å². The molecule has 0 fully saturated rings. The molecule has 0 aliphatic heterocycles. The number of methoxy groups -OCH3 is 1. The lowest BCUT2D eigenvalue weighted by molar-refractivity contribution is 0.0268. The number of guanidine groups is 1. The maximum absolute atomic E-state index is 5.89. The second kappa shape index (κ2) is 11.2. The van der Waals surface area contributed by atoms with Gasteiger partial charge < -0.3 is 20.1 Å². The highest BCUT2D eigenvalue weighted by atomic mass is 127. The molecule has 0 spiro atoms. The third-order valence-electron chi connectivity index (χ3n) is 4.42. The van der Waals surface area contributed by atoms with Crippen LogP contribution in [0.4, 0.5) is 0 Å². The minimum atomic E-state index is -0.262. The van der Waals surface area contributed by atoms with Crippen molar-refractivity contribution in [3.05, 3.63) is 53.2 Å². The first kappa shape index (κ1) is 24.2. The van der Waals surface area contributed by atoms with Gasteiger partial charge in [-0.05, 0) is 62.6 Å². The zero-order valence-electron chi connectivity index (χ0n) is 17.5. The van der Waals surface area contributed by atoms with Crippen LogP contribution in [-0.2, 0) is 11.3 Å². The smallest absolute Gasteiger partial charge is 0.219 e. The minimum Gasteiger partial charge on any atom is -0.439 e. The molecule has 0 unspecified atom stereocenters. The molecule has 2 aromatic rings. The molecule has 0 aliphatic rings. The van der Waals surface area contributed by atoms with Gasteiger partial charge in [-0.25, -0.2) is 4.98 Å². The van der Waals surface area contributed by atoms with Gasteiger partial charge in [0.1, 0.15) is 5.75 Å². The summed E-state index contributed by atoms with van der Waals surface area (Å²) in [5, 5.41) is 6.55. The van der Waals surface area contributed by atoms with E-state index in [4.69, 9.17) is 9.47 Å². The topological polar surface area (TPSA) is 67.8 Å². The van der Waals surface area contributed by atoms with E-state index in [1.54, 1.807) is 20.4 Å². The summed E-state index contributed by atoms with van der Waals surface area (Å²) >= 11 is 0. The number of ether oxygens (including phenoxy) is 2. The van der Waals surface area contributed by atoms with Gasteiger partial charge in [0.15, 0.2) is 5.96 Å². The van der Waals surface area contributed by atoms with Crippen molar-refractivity contribution < 1.29 is 9.47 Å². The molecule has 0 saturated carbocycles. The van der Waals surface area contributed by atoms with Crippen molar-refractivity contribution in [1.82, 2.24) is 15.6 Å². The fraction of sp³-hybridized carbons (Fsp3) is 0.429. The lowest BCUT2D eigenvalue weighted by Crippen LogP contribution is -2.45. The Morgan fingerprint density at radius 3 is 2.50 bits per heavy atom. The highest BCUT2D eigenvalue weighted by molar-refractivity contribution is 14.0. The first-order chi connectivity index (χ1) is 12.8. The van der Waals surface area contributed by atoms with Crippen LogP contribution in [0.15, 0.2) is 41.5 Å². The number of hydrogen-bond donors (Lipinski definition) is 2. The molecule has 0 saturated heterocycles. The molecule has 1 aromatic heterocycles. The molecule has 2 rings (SSSR count). The van der Waals surface area contributed by atoms with E-state index in [2.05, 4.69) is 34.5 Å². The third kappa shape index (κ3) is 7.63. The molecule has 0 aliphatic carbocycles. The van der Waals surface area contributed by atoms with E-state index in [0.29, 0.717) is 24.9 Å². The number of halogens is 1. The van der Waals surface area contributed by atoms with E-state index in [1.165, 1.54) is 11.1 Å². The Balaban J connectivity index is 0.00000392. The van der Waals surface area contributed by atoms with E-state index >= 15 is 0 Å². The van der Waals surface area contributed by atoms with E-state index in [-0.39, 0.29) is 29.6 Å². The molecule has 0 radical (unpaired) electrons. The second-order valence-corrected chi connectivity index (χ2v) is 7.09. The van der Waals surface area contributed by atoms with E-state index in [9.17, 15) is 0 Å². The van der Waals surface area contributed by atoms with Gasteiger partial charge in [0.05, 0.1) is 5.60 Å². The third-order valence-corrected chi connectivity index (χ3v) is 4.42. The molecule has 2 N–H and O–H groups in total. The van der Waals surface area contributed by atoms with Crippen LogP contribution >= 0.6 is 24.0 Å². The largest absolute Gasteiger partial charge is 0.439 e. The summed E-state index contributed by atoms with van der Waals surface area (Å²) in [6, 6.07) is 9.90. The molecule has 7 heteroatoms. The Hall–Kier alpha value is -1.87. The number of nitrogens with zero attached hydrogens (tertiary/aromatic N) is 2. The zero-order valence-corrected chi connectivity index (χ0v) is 19.8. The standard InChI is InChI=1S/C21H30N4O2.HI/c1-15-7-8-18(11-16(15)2)27-19-12-17(9-10-23-19)13-24-20(22-5)25-14-21(3,4)26-6;/h7-12H,13-14H2,1-6H3,(H2,22,24,25);1H. The van der Waals surface area contributed by atoms with Gasteiger partial charge in [0, 0.05) is 39.5 Å². The number of aryl methyl sites for hydroxylation is 2. The second-order valence-electron chi connectivity index (χ2n) is 7.09. The quantitative estimate of drug-likeness (QED) is 0.341. The predicted octanol–water partition coefficient (Wildman–Crippen LogP) is 4.20. The van der Waals surface area contributed by atoms with Crippen molar-refractivity contribution in [1.29, 1.82) is 0 Å². The van der Waals surface area contributed by atoms with Crippen LogP contribution in [-0.4, -0.2) is 37.2 Å². The Morgan fingerprint density at radius 1 is 1.11 bits per heavy atom. The summed E-state index contributed by atoms with van der Waals surface area (Å²) in [7, 11) is 3.45. The number of pyridine rings is 1. The van der Waals surface area contributed by atoms with Crippen molar-refractivity contribution in [2.45, 2.75) is 39.8 Å². The van der Waals surface area contributed by atoms with Crippen molar-refractivity contribution in [2.75, 3.05) is 20.7 Å². The molecule has 0 amide bonds. The van der Waals surface area contributed by atoms with Crippen LogP contribution < -0.4 is 15.4 Å². The van der Waals surface area contributed by atoms with Gasteiger partial charge in [-0.15, -0.1) is 24.0 Å². The highest BCUT2D eigenvalue weighted by Gasteiger charge is 2.16. The summed E-state index contributed by atoms with van der Waals surface area (Å²) in [6.45, 7) is 9.45. The Morgan fingerprint density at radius 2 is 1.86 bits per heavy atom. The highest BCUT2D eigenvalue weighted by Crippen LogP contribution is 2.22. The molecule has 154 valence electrons. The van der Waals surface area contributed by atoms with Crippen molar-refractivity contribution in [2.24, 2.45) is 4.99 Å². The van der Waals surface area contributed by atoms with Crippen LogP contribution in [0.5, 0.6) is 11.6 Å². The summed E-state index contributed by atoms with van der Waals surface area (Å²) in [5.41, 5.74) is 3.22. The zero-order chi connectivity index (χ0) is 19.9. The fourth-order valence-corrected chi connectivity index (χ4v) is 2.29. The fourth-order valence-electron chi connectivity index (χ4n) is 2.29. The summed E-state index contributed by atoms with van der Waals surface area (Å²) in [6.07, 6.45) is 1.75. The van der Waals surface area contributed by atoms with Gasteiger partial charge >= 0.3 is 0 Å². The van der Waals surface area contributed by atoms with Crippen LogP contribution in [0, 0.1) is 13.8 Å². The number of hydrogen-bond acceptors (Lipinski definition) is 4. The first-order valence-electron chi connectivity index (χ1n) is 9.02. The Labute approximate surface area is 185 Å². The van der Waals surface area contributed by atoms with Crippen LogP contribution in [0.2, 0.25) is 0 Å². The van der Waals surface area contributed by atoms with Crippen molar-refractivity contribution in [3.63, 3.8) is 0 Å². The lowest BCUT2D eigenvalue weighted by atomic mass is 10.1. The van der Waals surface area contributed by atoms with Crippen molar-refractivity contribution in [3.8, 4) is 11.6 Å². The van der Waals surface area contributed by atoms with E-state index in [0.717, 1.165) is 11.3 Å². The Kier molecular flexibility index (Phi) is 9.68. The molecule has 1 heterocycles. The average molecular weight is 498 g/mol. The average Bonchev–Trinajstić information content (AvgIpc) is 2.65. The molecule has 28 heavy (non-hydrogen) atoms. The SMILES string of the molecule is CN=C(NCc1ccnc(Oc2ccc(C)c(C)c2)c1)NCC(C)(C)OC.I.